The zero-order valence-electron chi connectivity index (χ0n) is 17.9. The highest BCUT2D eigenvalue weighted by molar-refractivity contribution is 5.85. The van der Waals surface area contributed by atoms with Gasteiger partial charge >= 0.3 is 0 Å². The van der Waals surface area contributed by atoms with Crippen molar-refractivity contribution in [2.24, 2.45) is 7.05 Å². The van der Waals surface area contributed by atoms with Crippen molar-refractivity contribution in [3.8, 4) is 11.6 Å². The molecule has 0 saturated carbocycles. The van der Waals surface area contributed by atoms with Crippen molar-refractivity contribution in [3.63, 3.8) is 0 Å². The van der Waals surface area contributed by atoms with Crippen molar-refractivity contribution in [1.29, 1.82) is 0 Å². The summed E-state index contributed by atoms with van der Waals surface area (Å²) < 4.78 is 22.4. The second-order valence-electron chi connectivity index (χ2n) is 8.07. The van der Waals surface area contributed by atoms with E-state index in [1.54, 1.807) is 24.4 Å². The predicted octanol–water partition coefficient (Wildman–Crippen LogP) is 5.13. The minimum absolute atomic E-state index is 0. The molecule has 0 N–H and O–H groups in total. The topological polar surface area (TPSA) is 49.0 Å². The van der Waals surface area contributed by atoms with Gasteiger partial charge in [-0.1, -0.05) is 18.6 Å². The van der Waals surface area contributed by atoms with Crippen LogP contribution in [0.15, 0.2) is 59.5 Å². The third-order valence-corrected chi connectivity index (χ3v) is 6.05. The smallest absolute Gasteiger partial charge is 0.259 e. The van der Waals surface area contributed by atoms with E-state index in [1.165, 1.54) is 58.7 Å². The van der Waals surface area contributed by atoms with Crippen molar-refractivity contribution in [1.82, 2.24) is 14.1 Å². The van der Waals surface area contributed by atoms with Gasteiger partial charge in [-0.15, -0.1) is 12.4 Å². The number of aryl methyl sites for hydroxylation is 2. The average molecular weight is 454 g/mol. The first-order valence-corrected chi connectivity index (χ1v) is 10.7. The third-order valence-electron chi connectivity index (χ3n) is 6.05. The lowest BCUT2D eigenvalue weighted by Gasteiger charge is -2.09. The van der Waals surface area contributed by atoms with Crippen LogP contribution >= 0.6 is 12.4 Å². The summed E-state index contributed by atoms with van der Waals surface area (Å²) >= 11 is 0. The highest BCUT2D eigenvalue weighted by Gasteiger charge is 2.18. The summed E-state index contributed by atoms with van der Waals surface area (Å²) in [6.07, 6.45) is 7.55. The van der Waals surface area contributed by atoms with Crippen molar-refractivity contribution >= 4 is 23.4 Å². The SMILES string of the molecule is Cl.Cn1c2c(c3ccc(-n4ccc(OCc5ccc(F)cc5)cc4=O)nc31)CCCCC2. The molecule has 5 nitrogen and oxygen atoms in total. The molecule has 7 heteroatoms. The van der Waals surface area contributed by atoms with Crippen LogP contribution < -0.4 is 10.3 Å². The first kappa shape index (κ1) is 22.1. The number of rotatable bonds is 4. The fourth-order valence-corrected chi connectivity index (χ4v) is 4.41. The summed E-state index contributed by atoms with van der Waals surface area (Å²) in [6.45, 7) is 0.267. The standard InChI is InChI=1S/C25H24FN3O2.ClH/c1-28-22-6-4-2-3-5-20(22)21-11-12-23(27-25(21)28)29-14-13-19(15-24(29)30)31-16-17-7-9-18(26)10-8-17;/h7-15H,2-6,16H2,1H3;1H. The Labute approximate surface area is 191 Å². The Hall–Kier alpha value is -3.12. The molecule has 3 aromatic heterocycles. The van der Waals surface area contributed by atoms with E-state index in [-0.39, 0.29) is 30.4 Å². The zero-order valence-corrected chi connectivity index (χ0v) is 18.7. The predicted molar refractivity (Wildman–Crippen MR) is 126 cm³/mol. The fourth-order valence-electron chi connectivity index (χ4n) is 4.41. The van der Waals surface area contributed by atoms with Crippen LogP contribution in [0.25, 0.3) is 16.9 Å². The number of nitrogens with zero attached hydrogens (tertiary/aromatic N) is 3. The van der Waals surface area contributed by atoms with E-state index in [4.69, 9.17) is 9.72 Å². The van der Waals surface area contributed by atoms with Crippen LogP contribution in [-0.2, 0) is 26.5 Å². The molecule has 166 valence electrons. The molecule has 1 aromatic carbocycles. The van der Waals surface area contributed by atoms with Gasteiger partial charge in [0.2, 0.25) is 0 Å². The Bertz CT molecular complexity index is 1310. The Morgan fingerprint density at radius 2 is 1.81 bits per heavy atom. The molecule has 5 rings (SSSR count). The van der Waals surface area contributed by atoms with Gasteiger partial charge in [0.1, 0.15) is 29.6 Å². The summed E-state index contributed by atoms with van der Waals surface area (Å²) in [7, 11) is 2.07. The molecule has 3 heterocycles. The van der Waals surface area contributed by atoms with Gasteiger partial charge in [-0.2, -0.15) is 0 Å². The van der Waals surface area contributed by atoms with Crippen LogP contribution in [0.5, 0.6) is 5.75 Å². The molecule has 32 heavy (non-hydrogen) atoms. The van der Waals surface area contributed by atoms with Gasteiger partial charge in [-0.25, -0.2) is 9.37 Å². The minimum atomic E-state index is -0.287. The summed E-state index contributed by atoms with van der Waals surface area (Å²) in [5.74, 6) is 0.779. The van der Waals surface area contributed by atoms with E-state index in [2.05, 4.69) is 17.7 Å². The number of fused-ring (bicyclic) bond motifs is 3. The molecule has 0 radical (unpaired) electrons. The highest BCUT2D eigenvalue weighted by atomic mass is 35.5. The van der Waals surface area contributed by atoms with Gasteiger partial charge in [0.05, 0.1) is 0 Å². The molecule has 1 aliphatic rings. The minimum Gasteiger partial charge on any atom is -0.489 e. The summed E-state index contributed by atoms with van der Waals surface area (Å²) in [4.78, 5) is 17.6. The summed E-state index contributed by atoms with van der Waals surface area (Å²) in [5.41, 5.74) is 4.33. The summed E-state index contributed by atoms with van der Waals surface area (Å²) in [6, 6.07) is 13.3. The van der Waals surface area contributed by atoms with Gasteiger partial charge < -0.3 is 9.30 Å². The van der Waals surface area contributed by atoms with Crippen molar-refractivity contribution < 1.29 is 9.13 Å². The van der Waals surface area contributed by atoms with E-state index < -0.39 is 0 Å². The first-order chi connectivity index (χ1) is 15.1. The van der Waals surface area contributed by atoms with Gasteiger partial charge in [-0.05, 0) is 67.1 Å². The zero-order chi connectivity index (χ0) is 21.4. The largest absolute Gasteiger partial charge is 0.489 e. The second-order valence-corrected chi connectivity index (χ2v) is 8.07. The molecule has 0 amide bonds. The maximum absolute atomic E-state index is 13.0. The number of pyridine rings is 2. The Kier molecular flexibility index (Phi) is 6.33. The molecule has 1 aliphatic carbocycles. The normalized spacial score (nSPS) is 13.3. The molecule has 0 spiro atoms. The average Bonchev–Trinajstić information content (AvgIpc) is 2.93. The second kappa shape index (κ2) is 9.17. The number of benzene rings is 1. The molecular weight excluding hydrogens is 429 g/mol. The summed E-state index contributed by atoms with van der Waals surface area (Å²) in [5, 5.41) is 1.19. The molecule has 0 aliphatic heterocycles. The van der Waals surface area contributed by atoms with E-state index in [9.17, 15) is 9.18 Å². The number of aromatic nitrogens is 3. The van der Waals surface area contributed by atoms with Gasteiger partial charge in [0, 0.05) is 30.4 Å². The first-order valence-electron chi connectivity index (χ1n) is 10.7. The van der Waals surface area contributed by atoms with E-state index in [1.807, 2.05) is 6.07 Å². The van der Waals surface area contributed by atoms with Crippen LogP contribution in [-0.4, -0.2) is 14.1 Å². The molecule has 0 fully saturated rings. The third kappa shape index (κ3) is 4.15. The van der Waals surface area contributed by atoms with Crippen LogP contribution in [0.1, 0.15) is 36.1 Å². The Balaban J connectivity index is 0.00000245. The lowest BCUT2D eigenvalue weighted by molar-refractivity contribution is 0.305. The number of halogens is 2. The van der Waals surface area contributed by atoms with Gasteiger partial charge in [0.25, 0.3) is 5.56 Å². The van der Waals surface area contributed by atoms with Crippen LogP contribution in [0, 0.1) is 5.82 Å². The van der Waals surface area contributed by atoms with Crippen molar-refractivity contribution in [3.05, 3.63) is 87.7 Å². The van der Waals surface area contributed by atoms with Crippen molar-refractivity contribution in [2.45, 2.75) is 38.7 Å². The number of hydrogen-bond donors (Lipinski definition) is 0. The van der Waals surface area contributed by atoms with Crippen LogP contribution in [0.2, 0.25) is 0 Å². The lowest BCUT2D eigenvalue weighted by atomic mass is 10.1. The molecule has 0 bridgehead atoms. The Morgan fingerprint density at radius 1 is 1.03 bits per heavy atom. The van der Waals surface area contributed by atoms with E-state index >= 15 is 0 Å². The van der Waals surface area contributed by atoms with Crippen LogP contribution in [0.3, 0.4) is 0 Å². The van der Waals surface area contributed by atoms with Crippen LogP contribution in [0.4, 0.5) is 4.39 Å². The molecule has 0 unspecified atom stereocenters. The van der Waals surface area contributed by atoms with Gasteiger partial charge in [0.15, 0.2) is 0 Å². The molecule has 4 aromatic rings. The van der Waals surface area contributed by atoms with E-state index in [0.29, 0.717) is 11.6 Å². The van der Waals surface area contributed by atoms with E-state index in [0.717, 1.165) is 24.1 Å². The Morgan fingerprint density at radius 3 is 2.59 bits per heavy atom. The monoisotopic (exact) mass is 453 g/mol. The lowest BCUT2D eigenvalue weighted by Crippen LogP contribution is -2.18. The quantitative estimate of drug-likeness (QED) is 0.402. The molecular formula is C25H25ClFN3O2. The van der Waals surface area contributed by atoms with Crippen molar-refractivity contribution in [2.75, 3.05) is 0 Å². The number of hydrogen-bond acceptors (Lipinski definition) is 3. The molecule has 0 saturated heterocycles. The van der Waals surface area contributed by atoms with Gasteiger partial charge in [-0.3, -0.25) is 9.36 Å². The fraction of sp³-hybridized carbons (Fsp3) is 0.280. The maximum atomic E-state index is 13.0. The maximum Gasteiger partial charge on any atom is 0.259 e. The highest BCUT2D eigenvalue weighted by Crippen LogP contribution is 2.30. The number of ether oxygens (including phenoxy) is 1. The molecule has 0 atom stereocenters.